The molecule has 0 saturated carbocycles. The Hall–Kier alpha value is -3.95. The van der Waals surface area contributed by atoms with Crippen molar-refractivity contribution in [2.75, 3.05) is 0 Å². The fourth-order valence-corrected chi connectivity index (χ4v) is 3.22. The van der Waals surface area contributed by atoms with Crippen LogP contribution >= 0.6 is 0 Å². The molecule has 2 aromatic carbocycles. The zero-order chi connectivity index (χ0) is 20.7. The van der Waals surface area contributed by atoms with Gasteiger partial charge in [-0.25, -0.2) is 9.07 Å². The molecule has 0 saturated heterocycles. The first-order chi connectivity index (χ1) is 14.6. The molecular formula is C20H13F3N6O. The number of benzene rings is 2. The first kappa shape index (κ1) is 18.1. The molecule has 30 heavy (non-hydrogen) atoms. The fraction of sp³-hybridized carbons (Fsp3) is 0.100. The Bertz CT molecular complexity index is 1340. The van der Waals surface area contributed by atoms with Crippen molar-refractivity contribution < 1.29 is 17.6 Å². The summed E-state index contributed by atoms with van der Waals surface area (Å²) in [6.07, 6.45) is 0.702. The maximum Gasteiger partial charge on any atom is 0.314 e. The maximum atomic E-state index is 14.6. The molecule has 3 aromatic heterocycles. The number of nitrogens with one attached hydrogen (secondary N) is 1. The summed E-state index contributed by atoms with van der Waals surface area (Å²) < 4.78 is 46.1. The maximum absolute atomic E-state index is 14.6. The lowest BCUT2D eigenvalue weighted by Crippen LogP contribution is -2.03. The number of hydrogen-bond donors (Lipinski definition) is 1. The first-order valence-corrected chi connectivity index (χ1v) is 8.95. The van der Waals surface area contributed by atoms with Crippen LogP contribution in [0.2, 0.25) is 0 Å². The van der Waals surface area contributed by atoms with E-state index < -0.39 is 18.1 Å². The average molecular weight is 410 g/mol. The second-order valence-electron chi connectivity index (χ2n) is 6.60. The van der Waals surface area contributed by atoms with Gasteiger partial charge < -0.3 is 9.40 Å². The van der Waals surface area contributed by atoms with Crippen LogP contribution in [0.3, 0.4) is 0 Å². The predicted octanol–water partition coefficient (Wildman–Crippen LogP) is 4.60. The molecule has 3 heterocycles. The minimum Gasteiger partial charge on any atom is -0.415 e. The molecule has 5 aromatic rings. The number of aromatic nitrogens is 6. The number of H-pyrrole nitrogens is 1. The zero-order valence-electron chi connectivity index (χ0n) is 15.3. The second kappa shape index (κ2) is 7.14. The quantitative estimate of drug-likeness (QED) is 0.458. The first-order valence-electron chi connectivity index (χ1n) is 8.95. The molecule has 10 heteroatoms. The van der Waals surface area contributed by atoms with Crippen LogP contribution in [0.1, 0.15) is 17.9 Å². The Labute approximate surface area is 167 Å². The molecule has 0 unspecified atom stereocenters. The standard InChI is InChI=1S/C20H13F3N6O/c21-15-8-12(19-26-27-20(30-19)18(22)23)4-5-13(15)9-29-10-16(25-28-29)14-3-1-2-11-6-7-24-17(11)14/h1-8,10,18,24H,9H2. The van der Waals surface area contributed by atoms with E-state index in [-0.39, 0.29) is 18.0 Å². The van der Waals surface area contributed by atoms with Crippen molar-refractivity contribution in [3.63, 3.8) is 0 Å². The van der Waals surface area contributed by atoms with E-state index >= 15 is 0 Å². The van der Waals surface area contributed by atoms with Crippen LogP contribution in [0.15, 0.2) is 59.3 Å². The number of rotatable bonds is 5. The summed E-state index contributed by atoms with van der Waals surface area (Å²) in [7, 11) is 0. The molecule has 0 aliphatic heterocycles. The predicted molar refractivity (Wildman–Crippen MR) is 101 cm³/mol. The molecule has 150 valence electrons. The number of nitrogens with zero attached hydrogens (tertiary/aromatic N) is 5. The van der Waals surface area contributed by atoms with Crippen LogP contribution < -0.4 is 0 Å². The second-order valence-corrected chi connectivity index (χ2v) is 6.60. The molecule has 5 rings (SSSR count). The summed E-state index contributed by atoms with van der Waals surface area (Å²) in [5, 5.41) is 16.1. The molecule has 0 atom stereocenters. The van der Waals surface area contributed by atoms with Crippen LogP contribution in [0.4, 0.5) is 13.2 Å². The van der Waals surface area contributed by atoms with E-state index in [4.69, 9.17) is 4.42 Å². The van der Waals surface area contributed by atoms with Crippen molar-refractivity contribution >= 4 is 10.9 Å². The third-order valence-corrected chi connectivity index (χ3v) is 4.66. The van der Waals surface area contributed by atoms with Crippen LogP contribution in [0.5, 0.6) is 0 Å². The number of hydrogen-bond acceptors (Lipinski definition) is 5. The number of aromatic amines is 1. The minimum absolute atomic E-state index is 0.145. The van der Waals surface area contributed by atoms with Crippen molar-refractivity contribution in [1.29, 1.82) is 0 Å². The summed E-state index contributed by atoms with van der Waals surface area (Å²) in [5.41, 5.74) is 3.06. The monoisotopic (exact) mass is 410 g/mol. The summed E-state index contributed by atoms with van der Waals surface area (Å²) in [4.78, 5) is 3.18. The average Bonchev–Trinajstić information content (AvgIpc) is 3.49. The molecule has 0 fully saturated rings. The third-order valence-electron chi connectivity index (χ3n) is 4.66. The van der Waals surface area contributed by atoms with Crippen LogP contribution in [-0.2, 0) is 6.54 Å². The lowest BCUT2D eigenvalue weighted by atomic mass is 10.1. The number of fused-ring (bicyclic) bond motifs is 1. The van der Waals surface area contributed by atoms with Gasteiger partial charge in [-0.2, -0.15) is 8.78 Å². The van der Waals surface area contributed by atoms with Gasteiger partial charge in [0.1, 0.15) is 11.5 Å². The molecule has 0 spiro atoms. The largest absolute Gasteiger partial charge is 0.415 e. The van der Waals surface area contributed by atoms with Gasteiger partial charge in [0.2, 0.25) is 5.89 Å². The van der Waals surface area contributed by atoms with Crippen LogP contribution in [0.25, 0.3) is 33.6 Å². The van der Waals surface area contributed by atoms with Crippen molar-refractivity contribution in [3.8, 4) is 22.7 Å². The number of halogens is 3. The van der Waals surface area contributed by atoms with Gasteiger partial charge in [-0.05, 0) is 18.2 Å². The van der Waals surface area contributed by atoms with E-state index in [1.165, 1.54) is 16.8 Å². The van der Waals surface area contributed by atoms with Crippen molar-refractivity contribution in [2.45, 2.75) is 13.0 Å². The highest BCUT2D eigenvalue weighted by molar-refractivity contribution is 5.92. The molecule has 7 nitrogen and oxygen atoms in total. The Morgan fingerprint density at radius 1 is 1.07 bits per heavy atom. The Balaban J connectivity index is 1.39. The molecule has 0 aliphatic rings. The van der Waals surface area contributed by atoms with Gasteiger partial charge in [0.05, 0.1) is 18.3 Å². The minimum atomic E-state index is -2.88. The van der Waals surface area contributed by atoms with Crippen LogP contribution in [0, 0.1) is 5.82 Å². The highest BCUT2D eigenvalue weighted by Gasteiger charge is 2.18. The highest BCUT2D eigenvalue weighted by atomic mass is 19.3. The van der Waals surface area contributed by atoms with Gasteiger partial charge in [-0.15, -0.1) is 15.3 Å². The van der Waals surface area contributed by atoms with E-state index in [1.807, 2.05) is 30.5 Å². The van der Waals surface area contributed by atoms with E-state index in [0.717, 1.165) is 22.5 Å². The van der Waals surface area contributed by atoms with E-state index in [0.29, 0.717) is 11.3 Å². The fourth-order valence-electron chi connectivity index (χ4n) is 3.22. The van der Waals surface area contributed by atoms with E-state index in [1.54, 1.807) is 6.20 Å². The normalized spacial score (nSPS) is 11.6. The van der Waals surface area contributed by atoms with Crippen molar-refractivity contribution in [2.24, 2.45) is 0 Å². The molecule has 1 N–H and O–H groups in total. The molecule has 0 aliphatic carbocycles. The Morgan fingerprint density at radius 3 is 2.77 bits per heavy atom. The van der Waals surface area contributed by atoms with E-state index in [9.17, 15) is 13.2 Å². The van der Waals surface area contributed by atoms with Gasteiger partial charge in [-0.3, -0.25) is 0 Å². The van der Waals surface area contributed by atoms with Crippen LogP contribution in [-0.4, -0.2) is 30.2 Å². The lowest BCUT2D eigenvalue weighted by Gasteiger charge is -2.04. The van der Waals surface area contributed by atoms with E-state index in [2.05, 4.69) is 25.5 Å². The third kappa shape index (κ3) is 3.21. The van der Waals surface area contributed by atoms with Crippen molar-refractivity contribution in [1.82, 2.24) is 30.2 Å². The summed E-state index contributed by atoms with van der Waals surface area (Å²) >= 11 is 0. The van der Waals surface area contributed by atoms with Gasteiger partial charge in [0.15, 0.2) is 0 Å². The molecule has 0 amide bonds. The topological polar surface area (TPSA) is 85.4 Å². The number of alkyl halides is 2. The smallest absolute Gasteiger partial charge is 0.314 e. The summed E-state index contributed by atoms with van der Waals surface area (Å²) in [6, 6.07) is 12.0. The summed E-state index contributed by atoms with van der Waals surface area (Å²) in [5.74, 6) is -1.52. The zero-order valence-corrected chi connectivity index (χ0v) is 15.3. The highest BCUT2D eigenvalue weighted by Crippen LogP contribution is 2.27. The Morgan fingerprint density at radius 2 is 1.97 bits per heavy atom. The van der Waals surface area contributed by atoms with Gasteiger partial charge in [0.25, 0.3) is 5.89 Å². The lowest BCUT2D eigenvalue weighted by molar-refractivity contribution is 0.116. The molecular weight excluding hydrogens is 397 g/mol. The number of para-hydroxylation sites is 1. The molecule has 0 bridgehead atoms. The van der Waals surface area contributed by atoms with Gasteiger partial charge in [0, 0.05) is 28.3 Å². The SMILES string of the molecule is Fc1cc(-c2nnc(C(F)F)o2)ccc1Cn1cc(-c2cccc3cc[nH]c23)nn1. The molecule has 0 radical (unpaired) electrons. The van der Waals surface area contributed by atoms with Crippen molar-refractivity contribution in [3.05, 3.63) is 72.1 Å². The van der Waals surface area contributed by atoms with Gasteiger partial charge in [-0.1, -0.05) is 29.5 Å². The van der Waals surface area contributed by atoms with Gasteiger partial charge >= 0.3 is 6.43 Å². The Kier molecular flexibility index (Phi) is 4.31. The summed E-state index contributed by atoms with van der Waals surface area (Å²) in [6.45, 7) is 0.145.